The van der Waals surface area contributed by atoms with Crippen molar-refractivity contribution in [1.29, 1.82) is 0 Å². The highest BCUT2D eigenvalue weighted by molar-refractivity contribution is 6.30. The van der Waals surface area contributed by atoms with Gasteiger partial charge in [0, 0.05) is 11.1 Å². The average Bonchev–Trinajstić information content (AvgIpc) is 2.06. The zero-order valence-corrected chi connectivity index (χ0v) is 7.35. The fourth-order valence-corrected chi connectivity index (χ4v) is 1.40. The van der Waals surface area contributed by atoms with Crippen molar-refractivity contribution in [2.45, 2.75) is 0 Å². The minimum atomic E-state index is -0.330. The highest BCUT2D eigenvalue weighted by Gasteiger charge is 2.02. The molecular formula is C9H6ClFN2. The molecule has 0 aliphatic heterocycles. The Morgan fingerprint density at radius 1 is 1.31 bits per heavy atom. The largest absolute Gasteiger partial charge is 0.398 e. The second kappa shape index (κ2) is 2.85. The lowest BCUT2D eigenvalue weighted by atomic mass is 10.2. The molecule has 2 nitrogen and oxygen atoms in total. The number of halogens is 2. The fourth-order valence-electron chi connectivity index (χ4n) is 1.19. The lowest BCUT2D eigenvalue weighted by molar-refractivity contribution is 0.629. The van der Waals surface area contributed by atoms with E-state index >= 15 is 0 Å². The molecule has 1 heterocycles. The summed E-state index contributed by atoms with van der Waals surface area (Å²) in [4.78, 5) is 4.00. The first-order chi connectivity index (χ1) is 6.16. The van der Waals surface area contributed by atoms with Gasteiger partial charge in [-0.1, -0.05) is 11.6 Å². The van der Waals surface area contributed by atoms with E-state index in [9.17, 15) is 4.39 Å². The molecule has 0 bridgehead atoms. The van der Waals surface area contributed by atoms with Crippen LogP contribution in [0.5, 0.6) is 0 Å². The molecule has 2 N–H and O–H groups in total. The maximum Gasteiger partial charge on any atom is 0.131 e. The standard InChI is InChI=1S/C9H6ClFN2/c10-9-4-7(12)6-3-5(11)1-2-8(6)13-9/h1-4H,(H2,12,13). The van der Waals surface area contributed by atoms with E-state index in [1.807, 2.05) is 0 Å². The van der Waals surface area contributed by atoms with Gasteiger partial charge in [0.05, 0.1) is 5.52 Å². The molecule has 0 saturated carbocycles. The van der Waals surface area contributed by atoms with Crippen LogP contribution < -0.4 is 5.73 Å². The maximum absolute atomic E-state index is 12.8. The molecule has 0 spiro atoms. The maximum atomic E-state index is 12.8. The van der Waals surface area contributed by atoms with E-state index in [4.69, 9.17) is 17.3 Å². The predicted molar refractivity (Wildman–Crippen MR) is 51.1 cm³/mol. The molecular weight excluding hydrogens is 191 g/mol. The Bertz CT molecular complexity index is 470. The molecule has 0 fully saturated rings. The molecule has 0 aliphatic rings. The van der Waals surface area contributed by atoms with Crippen molar-refractivity contribution < 1.29 is 4.39 Å². The minimum Gasteiger partial charge on any atom is -0.398 e. The summed E-state index contributed by atoms with van der Waals surface area (Å²) in [6.07, 6.45) is 0. The average molecular weight is 197 g/mol. The van der Waals surface area contributed by atoms with Crippen LogP contribution in [-0.2, 0) is 0 Å². The van der Waals surface area contributed by atoms with Gasteiger partial charge < -0.3 is 5.73 Å². The summed E-state index contributed by atoms with van der Waals surface area (Å²) in [5.74, 6) is -0.330. The van der Waals surface area contributed by atoms with Crippen LogP contribution in [0.25, 0.3) is 10.9 Å². The fraction of sp³-hybridized carbons (Fsp3) is 0. The summed E-state index contributed by atoms with van der Waals surface area (Å²) < 4.78 is 12.8. The molecule has 1 aromatic carbocycles. The topological polar surface area (TPSA) is 38.9 Å². The Morgan fingerprint density at radius 3 is 2.85 bits per heavy atom. The van der Waals surface area contributed by atoms with Crippen LogP contribution in [-0.4, -0.2) is 4.98 Å². The van der Waals surface area contributed by atoms with Crippen molar-refractivity contribution in [3.8, 4) is 0 Å². The van der Waals surface area contributed by atoms with Gasteiger partial charge >= 0.3 is 0 Å². The quantitative estimate of drug-likeness (QED) is 0.658. The number of hydrogen-bond donors (Lipinski definition) is 1. The summed E-state index contributed by atoms with van der Waals surface area (Å²) in [6.45, 7) is 0. The Hall–Kier alpha value is -1.35. The van der Waals surface area contributed by atoms with Crippen molar-refractivity contribution in [2.75, 3.05) is 5.73 Å². The molecule has 1 aromatic heterocycles. The van der Waals surface area contributed by atoms with Gasteiger partial charge in [0.2, 0.25) is 0 Å². The van der Waals surface area contributed by atoms with Gasteiger partial charge in [-0.3, -0.25) is 0 Å². The third-order valence-electron chi connectivity index (χ3n) is 1.77. The number of anilines is 1. The second-order valence-electron chi connectivity index (χ2n) is 2.70. The molecule has 66 valence electrons. The van der Waals surface area contributed by atoms with Crippen molar-refractivity contribution in [2.24, 2.45) is 0 Å². The van der Waals surface area contributed by atoms with Crippen LogP contribution in [0.2, 0.25) is 5.15 Å². The SMILES string of the molecule is Nc1cc(Cl)nc2ccc(F)cc12. The number of hydrogen-bond acceptors (Lipinski definition) is 2. The van der Waals surface area contributed by atoms with Gasteiger partial charge in [0.15, 0.2) is 0 Å². The summed E-state index contributed by atoms with van der Waals surface area (Å²) in [5, 5.41) is 0.904. The molecule has 0 saturated heterocycles. The number of benzene rings is 1. The first-order valence-electron chi connectivity index (χ1n) is 3.68. The van der Waals surface area contributed by atoms with Gasteiger partial charge in [0.25, 0.3) is 0 Å². The summed E-state index contributed by atoms with van der Waals surface area (Å²) in [7, 11) is 0. The Labute approximate surface area is 79.1 Å². The second-order valence-corrected chi connectivity index (χ2v) is 3.08. The van der Waals surface area contributed by atoms with Crippen LogP contribution >= 0.6 is 11.6 Å². The molecule has 2 aromatic rings. The van der Waals surface area contributed by atoms with Gasteiger partial charge in [-0.25, -0.2) is 9.37 Å². The highest BCUT2D eigenvalue weighted by atomic mass is 35.5. The van der Waals surface area contributed by atoms with Crippen molar-refractivity contribution >= 4 is 28.2 Å². The molecule has 2 rings (SSSR count). The third-order valence-corrected chi connectivity index (χ3v) is 1.97. The third kappa shape index (κ3) is 1.42. The van der Waals surface area contributed by atoms with E-state index in [0.717, 1.165) is 0 Å². The van der Waals surface area contributed by atoms with E-state index in [-0.39, 0.29) is 5.82 Å². The lowest BCUT2D eigenvalue weighted by Crippen LogP contribution is -1.90. The first kappa shape index (κ1) is 8.26. The highest BCUT2D eigenvalue weighted by Crippen LogP contribution is 2.23. The lowest BCUT2D eigenvalue weighted by Gasteiger charge is -2.01. The Kier molecular flexibility index (Phi) is 1.81. The predicted octanol–water partition coefficient (Wildman–Crippen LogP) is 2.61. The van der Waals surface area contributed by atoms with Crippen molar-refractivity contribution in [3.05, 3.63) is 35.2 Å². The van der Waals surface area contributed by atoms with Crippen molar-refractivity contribution in [1.82, 2.24) is 4.98 Å². The molecule has 0 radical (unpaired) electrons. The zero-order valence-electron chi connectivity index (χ0n) is 6.59. The van der Waals surface area contributed by atoms with Gasteiger partial charge in [-0.2, -0.15) is 0 Å². The minimum absolute atomic E-state index is 0.316. The van der Waals surface area contributed by atoms with Crippen LogP contribution in [0.15, 0.2) is 24.3 Å². The van der Waals surface area contributed by atoms with Crippen LogP contribution in [0, 0.1) is 5.82 Å². The van der Waals surface area contributed by atoms with Crippen LogP contribution in [0.4, 0.5) is 10.1 Å². The van der Waals surface area contributed by atoms with E-state index in [0.29, 0.717) is 21.7 Å². The smallest absolute Gasteiger partial charge is 0.131 e. The van der Waals surface area contributed by atoms with E-state index in [1.54, 1.807) is 6.07 Å². The Balaban J connectivity index is 2.87. The summed E-state index contributed by atoms with van der Waals surface area (Å²) in [5.41, 5.74) is 6.68. The number of nitrogens with zero attached hydrogens (tertiary/aromatic N) is 1. The molecule has 0 amide bonds. The summed E-state index contributed by atoms with van der Waals surface area (Å²) >= 11 is 5.68. The first-order valence-corrected chi connectivity index (χ1v) is 4.06. The van der Waals surface area contributed by atoms with Gasteiger partial charge in [0.1, 0.15) is 11.0 Å². The number of fused-ring (bicyclic) bond motifs is 1. The van der Waals surface area contributed by atoms with E-state index < -0.39 is 0 Å². The van der Waals surface area contributed by atoms with E-state index in [1.165, 1.54) is 18.2 Å². The normalized spacial score (nSPS) is 10.6. The molecule has 4 heteroatoms. The van der Waals surface area contributed by atoms with Gasteiger partial charge in [-0.15, -0.1) is 0 Å². The Morgan fingerprint density at radius 2 is 2.08 bits per heavy atom. The monoisotopic (exact) mass is 196 g/mol. The molecule has 0 atom stereocenters. The number of nitrogens with two attached hydrogens (primary N) is 1. The zero-order chi connectivity index (χ0) is 9.42. The number of aromatic nitrogens is 1. The van der Waals surface area contributed by atoms with Crippen molar-refractivity contribution in [3.63, 3.8) is 0 Å². The van der Waals surface area contributed by atoms with Crippen LogP contribution in [0.1, 0.15) is 0 Å². The molecule has 13 heavy (non-hydrogen) atoms. The van der Waals surface area contributed by atoms with E-state index in [2.05, 4.69) is 4.98 Å². The molecule has 0 unspecified atom stereocenters. The summed E-state index contributed by atoms with van der Waals surface area (Å²) in [6, 6.07) is 5.72. The number of rotatable bonds is 0. The number of pyridine rings is 1. The van der Waals surface area contributed by atoms with Gasteiger partial charge in [-0.05, 0) is 24.3 Å². The molecule has 0 aliphatic carbocycles. The number of nitrogen functional groups attached to an aromatic ring is 1. The van der Waals surface area contributed by atoms with Crippen LogP contribution in [0.3, 0.4) is 0 Å².